The fraction of sp³-hybridized carbons (Fsp3) is 0.500. The number of hydrogen-bond acceptors (Lipinski definition) is 1. The zero-order valence-corrected chi connectivity index (χ0v) is 16.3. The summed E-state index contributed by atoms with van der Waals surface area (Å²) in [5.41, 5.74) is 4.35. The third kappa shape index (κ3) is 4.54. The first kappa shape index (κ1) is 19.1. The fourth-order valence-corrected chi connectivity index (χ4v) is 4.59. The van der Waals surface area contributed by atoms with Gasteiger partial charge in [0, 0.05) is 0 Å². The first-order valence-corrected chi connectivity index (χ1v) is 10.3. The molecule has 0 radical (unpaired) electrons. The first-order valence-electron chi connectivity index (χ1n) is 10.3. The highest BCUT2D eigenvalue weighted by atomic mass is 19.1. The van der Waals surface area contributed by atoms with Gasteiger partial charge < -0.3 is 4.90 Å². The average Bonchev–Trinajstić information content (AvgIpc) is 2.85. The van der Waals surface area contributed by atoms with E-state index in [1.54, 1.807) is 12.1 Å². The second-order valence-corrected chi connectivity index (χ2v) is 7.52. The molecular weight excluding hydrogens is 321 g/mol. The summed E-state index contributed by atoms with van der Waals surface area (Å²) in [6, 6.07) is 16.3. The molecule has 2 aromatic rings. The smallest absolute Gasteiger partial charge is 0.123 e. The standard InChI is InChI=1S/C24H32FN/c1-3-26(4-2)18-8-13-24-22-11-6-5-9-19(22)10-7-12-23(24)20-14-16-21(25)17-15-20/h5-6,9,11,14-17,23-24H,3-4,7-8,10,12-13,18H2,1-2H3/t23-,24-/m1/s1. The van der Waals surface area contributed by atoms with Crippen LogP contribution in [0.15, 0.2) is 48.5 Å². The Hall–Kier alpha value is -1.67. The van der Waals surface area contributed by atoms with Crippen LogP contribution in [-0.4, -0.2) is 24.5 Å². The molecule has 1 aliphatic rings. The maximum absolute atomic E-state index is 13.4. The van der Waals surface area contributed by atoms with E-state index in [4.69, 9.17) is 0 Å². The van der Waals surface area contributed by atoms with E-state index in [1.165, 1.54) is 55.3 Å². The normalized spacial score (nSPS) is 20.0. The minimum absolute atomic E-state index is 0.138. The molecule has 0 aromatic heterocycles. The highest BCUT2D eigenvalue weighted by Gasteiger charge is 2.28. The van der Waals surface area contributed by atoms with E-state index < -0.39 is 0 Å². The minimum Gasteiger partial charge on any atom is -0.304 e. The van der Waals surface area contributed by atoms with Crippen molar-refractivity contribution in [1.82, 2.24) is 4.90 Å². The molecule has 2 aromatic carbocycles. The molecule has 140 valence electrons. The van der Waals surface area contributed by atoms with Gasteiger partial charge in [-0.05, 0) is 92.4 Å². The van der Waals surface area contributed by atoms with Gasteiger partial charge in [0.25, 0.3) is 0 Å². The summed E-state index contributed by atoms with van der Waals surface area (Å²) in [6.45, 7) is 7.90. The molecule has 0 bridgehead atoms. The van der Waals surface area contributed by atoms with Gasteiger partial charge >= 0.3 is 0 Å². The third-order valence-corrected chi connectivity index (χ3v) is 6.08. The number of benzene rings is 2. The lowest BCUT2D eigenvalue weighted by Crippen LogP contribution is -2.24. The molecule has 0 fully saturated rings. The van der Waals surface area contributed by atoms with Crippen LogP contribution < -0.4 is 0 Å². The molecule has 26 heavy (non-hydrogen) atoms. The molecule has 0 spiro atoms. The summed E-state index contributed by atoms with van der Waals surface area (Å²) < 4.78 is 13.4. The van der Waals surface area contributed by atoms with E-state index in [1.807, 2.05) is 12.1 Å². The van der Waals surface area contributed by atoms with Crippen LogP contribution in [0, 0.1) is 5.82 Å². The Labute approximate surface area is 158 Å². The molecule has 0 saturated heterocycles. The molecule has 3 rings (SSSR count). The van der Waals surface area contributed by atoms with Crippen LogP contribution in [0.3, 0.4) is 0 Å². The maximum Gasteiger partial charge on any atom is 0.123 e. The van der Waals surface area contributed by atoms with Crippen LogP contribution in [0.2, 0.25) is 0 Å². The number of aryl methyl sites for hydroxylation is 1. The van der Waals surface area contributed by atoms with E-state index in [0.717, 1.165) is 13.1 Å². The largest absolute Gasteiger partial charge is 0.304 e. The van der Waals surface area contributed by atoms with Crippen molar-refractivity contribution in [3.8, 4) is 0 Å². The van der Waals surface area contributed by atoms with Gasteiger partial charge in [0.1, 0.15) is 5.82 Å². The van der Waals surface area contributed by atoms with Crippen molar-refractivity contribution in [3.05, 3.63) is 71.0 Å². The first-order chi connectivity index (χ1) is 12.7. The summed E-state index contributed by atoms with van der Waals surface area (Å²) in [6.07, 6.45) is 6.00. The third-order valence-electron chi connectivity index (χ3n) is 6.08. The Kier molecular flexibility index (Phi) is 6.85. The Bertz CT molecular complexity index is 675. The van der Waals surface area contributed by atoms with Gasteiger partial charge in [-0.25, -0.2) is 4.39 Å². The Morgan fingerprint density at radius 1 is 1.00 bits per heavy atom. The molecule has 0 amide bonds. The van der Waals surface area contributed by atoms with Gasteiger partial charge in [-0.15, -0.1) is 0 Å². The van der Waals surface area contributed by atoms with E-state index >= 15 is 0 Å². The van der Waals surface area contributed by atoms with E-state index in [-0.39, 0.29) is 5.82 Å². The Morgan fingerprint density at radius 3 is 2.46 bits per heavy atom. The molecule has 1 nitrogen and oxygen atoms in total. The monoisotopic (exact) mass is 353 g/mol. The zero-order valence-electron chi connectivity index (χ0n) is 16.3. The lowest BCUT2D eigenvalue weighted by Gasteiger charge is -2.28. The summed E-state index contributed by atoms with van der Waals surface area (Å²) in [5.74, 6) is 0.895. The lowest BCUT2D eigenvalue weighted by atomic mass is 9.77. The highest BCUT2D eigenvalue weighted by molar-refractivity contribution is 5.36. The zero-order chi connectivity index (χ0) is 18.4. The minimum atomic E-state index is -0.138. The van der Waals surface area contributed by atoms with Crippen molar-refractivity contribution in [3.63, 3.8) is 0 Å². The predicted octanol–water partition coefficient (Wildman–Crippen LogP) is 6.15. The SMILES string of the molecule is CCN(CC)CCC[C@@H]1c2ccccc2CCC[C@@H]1c1ccc(F)cc1. The second-order valence-electron chi connectivity index (χ2n) is 7.52. The quantitative estimate of drug-likeness (QED) is 0.540. The van der Waals surface area contributed by atoms with Gasteiger partial charge in [0.2, 0.25) is 0 Å². The van der Waals surface area contributed by atoms with Crippen LogP contribution >= 0.6 is 0 Å². The van der Waals surface area contributed by atoms with Crippen LogP contribution in [0.5, 0.6) is 0 Å². The molecule has 0 unspecified atom stereocenters. The molecule has 0 N–H and O–H groups in total. The van der Waals surface area contributed by atoms with Crippen molar-refractivity contribution < 1.29 is 4.39 Å². The number of fused-ring (bicyclic) bond motifs is 1. The van der Waals surface area contributed by atoms with Gasteiger partial charge in [-0.3, -0.25) is 0 Å². The number of halogens is 1. The summed E-state index contributed by atoms with van der Waals surface area (Å²) in [5, 5.41) is 0. The van der Waals surface area contributed by atoms with Crippen LogP contribution in [0.25, 0.3) is 0 Å². The van der Waals surface area contributed by atoms with Crippen molar-refractivity contribution in [1.29, 1.82) is 0 Å². The topological polar surface area (TPSA) is 3.24 Å². The van der Waals surface area contributed by atoms with Crippen molar-refractivity contribution in [2.45, 2.75) is 57.8 Å². The van der Waals surface area contributed by atoms with Gasteiger partial charge in [-0.1, -0.05) is 50.2 Å². The van der Waals surface area contributed by atoms with Crippen molar-refractivity contribution in [2.75, 3.05) is 19.6 Å². The summed E-state index contributed by atoms with van der Waals surface area (Å²) >= 11 is 0. The molecule has 0 heterocycles. The van der Waals surface area contributed by atoms with Crippen LogP contribution in [0.4, 0.5) is 4.39 Å². The summed E-state index contributed by atoms with van der Waals surface area (Å²) in [4.78, 5) is 2.51. The van der Waals surface area contributed by atoms with Gasteiger partial charge in [0.05, 0.1) is 0 Å². The van der Waals surface area contributed by atoms with Crippen LogP contribution in [0.1, 0.15) is 68.1 Å². The Morgan fingerprint density at radius 2 is 1.73 bits per heavy atom. The average molecular weight is 354 g/mol. The molecule has 0 aliphatic heterocycles. The van der Waals surface area contributed by atoms with Gasteiger partial charge in [0.15, 0.2) is 0 Å². The highest BCUT2D eigenvalue weighted by Crippen LogP contribution is 2.43. The van der Waals surface area contributed by atoms with E-state index in [2.05, 4.69) is 43.0 Å². The van der Waals surface area contributed by atoms with Gasteiger partial charge in [-0.2, -0.15) is 0 Å². The van der Waals surface area contributed by atoms with E-state index in [0.29, 0.717) is 11.8 Å². The fourth-order valence-electron chi connectivity index (χ4n) is 4.59. The second kappa shape index (κ2) is 9.32. The summed E-state index contributed by atoms with van der Waals surface area (Å²) in [7, 11) is 0. The van der Waals surface area contributed by atoms with E-state index in [9.17, 15) is 4.39 Å². The molecular formula is C24H32FN. The predicted molar refractivity (Wildman–Crippen MR) is 108 cm³/mol. The number of hydrogen-bond donors (Lipinski definition) is 0. The van der Waals surface area contributed by atoms with Crippen molar-refractivity contribution >= 4 is 0 Å². The molecule has 0 saturated carbocycles. The maximum atomic E-state index is 13.4. The van der Waals surface area contributed by atoms with Crippen LogP contribution in [-0.2, 0) is 6.42 Å². The number of nitrogens with zero attached hydrogens (tertiary/aromatic N) is 1. The van der Waals surface area contributed by atoms with Crippen molar-refractivity contribution in [2.24, 2.45) is 0 Å². The lowest BCUT2D eigenvalue weighted by molar-refractivity contribution is 0.289. The Balaban J connectivity index is 1.85. The molecule has 2 heteroatoms. The molecule has 2 atom stereocenters. The number of rotatable bonds is 7. The molecule has 1 aliphatic carbocycles.